The third-order valence-electron chi connectivity index (χ3n) is 6.29. The average molecular weight is 428 g/mol. The van der Waals surface area contributed by atoms with Gasteiger partial charge in [-0.2, -0.15) is 0 Å². The topological polar surface area (TPSA) is 54.3 Å². The van der Waals surface area contributed by atoms with E-state index >= 15 is 0 Å². The number of carbonyl (C=O) groups is 1. The Hall–Kier alpha value is -1.86. The summed E-state index contributed by atoms with van der Waals surface area (Å²) in [5.74, 6) is 1.19. The van der Waals surface area contributed by atoms with Gasteiger partial charge in [0.25, 0.3) is 0 Å². The summed E-state index contributed by atoms with van der Waals surface area (Å²) in [6, 6.07) is 10.7. The van der Waals surface area contributed by atoms with Gasteiger partial charge in [-0.3, -0.25) is 14.3 Å². The van der Waals surface area contributed by atoms with Gasteiger partial charge in [-0.15, -0.1) is 10.2 Å². The number of likely N-dealkylation sites (tertiary alicyclic amines) is 2. The Bertz CT molecular complexity index is 833. The van der Waals surface area contributed by atoms with E-state index in [0.29, 0.717) is 6.04 Å². The van der Waals surface area contributed by atoms with Crippen LogP contribution >= 0.6 is 11.8 Å². The van der Waals surface area contributed by atoms with Gasteiger partial charge >= 0.3 is 0 Å². The molecule has 0 N–H and O–H groups in total. The molecule has 1 amide bonds. The lowest BCUT2D eigenvalue weighted by atomic mass is 10.00. The Kier molecular flexibility index (Phi) is 7.10. The van der Waals surface area contributed by atoms with Gasteiger partial charge in [0.2, 0.25) is 5.91 Å². The molecule has 4 rings (SSSR count). The second-order valence-corrected chi connectivity index (χ2v) is 9.71. The van der Waals surface area contributed by atoms with Crippen LogP contribution in [0.25, 0.3) is 5.69 Å². The van der Waals surface area contributed by atoms with E-state index in [9.17, 15) is 4.79 Å². The fraction of sp³-hybridized carbons (Fsp3) is 0.609. The van der Waals surface area contributed by atoms with Crippen LogP contribution in [0.15, 0.2) is 35.5 Å². The van der Waals surface area contributed by atoms with Gasteiger partial charge in [-0.25, -0.2) is 0 Å². The summed E-state index contributed by atoms with van der Waals surface area (Å²) >= 11 is 1.54. The minimum atomic E-state index is -0.177. The summed E-state index contributed by atoms with van der Waals surface area (Å²) in [4.78, 5) is 17.8. The molecule has 2 atom stereocenters. The number of rotatable bonds is 7. The maximum Gasteiger partial charge on any atom is 0.236 e. The zero-order valence-electron chi connectivity index (χ0n) is 18.2. The molecule has 0 spiro atoms. The van der Waals surface area contributed by atoms with Crippen LogP contribution in [-0.4, -0.2) is 61.4 Å². The van der Waals surface area contributed by atoms with Crippen molar-refractivity contribution >= 4 is 17.7 Å². The summed E-state index contributed by atoms with van der Waals surface area (Å²) in [6.45, 7) is 8.12. The van der Waals surface area contributed by atoms with Gasteiger partial charge < -0.3 is 4.90 Å². The van der Waals surface area contributed by atoms with Crippen molar-refractivity contribution in [1.82, 2.24) is 24.6 Å². The molecular weight excluding hydrogens is 394 g/mol. The number of benzene rings is 1. The highest BCUT2D eigenvalue weighted by atomic mass is 32.2. The van der Waals surface area contributed by atoms with Gasteiger partial charge in [0.15, 0.2) is 11.0 Å². The van der Waals surface area contributed by atoms with Crippen LogP contribution in [0.3, 0.4) is 0 Å². The molecule has 30 heavy (non-hydrogen) atoms. The van der Waals surface area contributed by atoms with Crippen LogP contribution in [0, 0.1) is 0 Å². The van der Waals surface area contributed by atoms with Crippen molar-refractivity contribution in [2.24, 2.45) is 0 Å². The number of thioether (sulfide) groups is 1. The van der Waals surface area contributed by atoms with Gasteiger partial charge in [-0.1, -0.05) is 36.9 Å². The molecule has 2 aliphatic heterocycles. The summed E-state index contributed by atoms with van der Waals surface area (Å²) in [5, 5.41) is 9.69. The van der Waals surface area contributed by atoms with E-state index in [2.05, 4.69) is 43.6 Å². The Morgan fingerprint density at radius 3 is 2.57 bits per heavy atom. The number of hydrogen-bond acceptors (Lipinski definition) is 5. The van der Waals surface area contributed by atoms with Crippen LogP contribution in [0.2, 0.25) is 0 Å². The number of nitrogens with zero attached hydrogens (tertiary/aromatic N) is 5. The molecule has 2 aromatic rings. The van der Waals surface area contributed by atoms with Crippen molar-refractivity contribution < 1.29 is 4.79 Å². The first kappa shape index (κ1) is 21.4. The zero-order valence-corrected chi connectivity index (χ0v) is 19.0. The molecule has 0 aliphatic carbocycles. The first-order chi connectivity index (χ1) is 14.7. The van der Waals surface area contributed by atoms with Crippen molar-refractivity contribution in [1.29, 1.82) is 0 Å². The molecule has 2 saturated heterocycles. The van der Waals surface area contributed by atoms with Gasteiger partial charge in [0.05, 0.1) is 11.8 Å². The minimum absolute atomic E-state index is 0.177. The second-order valence-electron chi connectivity index (χ2n) is 8.40. The minimum Gasteiger partial charge on any atom is -0.339 e. The predicted octanol–water partition coefficient (Wildman–Crippen LogP) is 4.13. The van der Waals surface area contributed by atoms with Crippen molar-refractivity contribution in [2.45, 2.75) is 75.4 Å². The van der Waals surface area contributed by atoms with Crippen LogP contribution in [-0.2, 0) is 11.3 Å². The van der Waals surface area contributed by atoms with E-state index in [0.717, 1.165) is 62.1 Å². The van der Waals surface area contributed by atoms with Gasteiger partial charge in [0, 0.05) is 18.3 Å². The first-order valence-corrected chi connectivity index (χ1v) is 12.2. The van der Waals surface area contributed by atoms with E-state index in [1.807, 2.05) is 25.1 Å². The fourth-order valence-corrected chi connectivity index (χ4v) is 5.57. The monoisotopic (exact) mass is 427 g/mol. The third kappa shape index (κ3) is 4.72. The molecule has 0 bridgehead atoms. The molecule has 0 saturated carbocycles. The quantitative estimate of drug-likeness (QED) is 0.622. The average Bonchev–Trinajstić information content (AvgIpc) is 3.44. The Morgan fingerprint density at radius 1 is 1.10 bits per heavy atom. The van der Waals surface area contributed by atoms with Crippen molar-refractivity contribution in [2.75, 3.05) is 19.6 Å². The predicted molar refractivity (Wildman–Crippen MR) is 121 cm³/mol. The molecule has 0 radical (unpaired) electrons. The Morgan fingerprint density at radius 2 is 1.83 bits per heavy atom. The van der Waals surface area contributed by atoms with E-state index in [1.54, 1.807) is 0 Å². The van der Waals surface area contributed by atoms with Crippen LogP contribution in [0.4, 0.5) is 0 Å². The molecule has 0 unspecified atom stereocenters. The zero-order chi connectivity index (χ0) is 20.9. The van der Waals surface area contributed by atoms with Crippen molar-refractivity contribution in [3.8, 4) is 5.69 Å². The van der Waals surface area contributed by atoms with Gasteiger partial charge in [-0.05, 0) is 70.7 Å². The van der Waals surface area contributed by atoms with Crippen molar-refractivity contribution in [3.63, 3.8) is 0 Å². The summed E-state index contributed by atoms with van der Waals surface area (Å²) in [5.41, 5.74) is 1.06. The second kappa shape index (κ2) is 9.96. The molecule has 1 aromatic heterocycles. The van der Waals surface area contributed by atoms with Crippen LogP contribution in [0.1, 0.15) is 58.2 Å². The lowest BCUT2D eigenvalue weighted by molar-refractivity contribution is -0.134. The number of carbonyl (C=O) groups excluding carboxylic acids is 1. The fourth-order valence-electron chi connectivity index (χ4n) is 4.61. The number of para-hydroxylation sites is 1. The molecule has 2 fully saturated rings. The number of amides is 1. The maximum absolute atomic E-state index is 13.2. The molecular formula is C23H33N5OS. The highest BCUT2D eigenvalue weighted by Crippen LogP contribution is 2.29. The number of aromatic nitrogens is 3. The summed E-state index contributed by atoms with van der Waals surface area (Å²) < 4.78 is 2.14. The Labute approximate surface area is 184 Å². The number of piperidine rings is 1. The standard InChI is InChI=1S/C23H33N5OS/c1-3-19-11-7-8-16-27(19)22(29)18(2)30-23-25-24-21(17-26-14-9-10-15-26)28(23)20-12-5-4-6-13-20/h4-6,12-13,18-19H,3,7-11,14-17H2,1-2H3/t18-,19+/m0/s1. The van der Waals surface area contributed by atoms with E-state index in [1.165, 1.54) is 31.0 Å². The molecule has 162 valence electrons. The van der Waals surface area contributed by atoms with Crippen molar-refractivity contribution in [3.05, 3.63) is 36.2 Å². The largest absolute Gasteiger partial charge is 0.339 e. The highest BCUT2D eigenvalue weighted by Gasteiger charge is 2.30. The molecule has 3 heterocycles. The van der Waals surface area contributed by atoms with Crippen LogP contribution < -0.4 is 0 Å². The highest BCUT2D eigenvalue weighted by molar-refractivity contribution is 8.00. The first-order valence-electron chi connectivity index (χ1n) is 11.4. The molecule has 2 aliphatic rings. The molecule has 7 heteroatoms. The Balaban J connectivity index is 1.55. The lowest BCUT2D eigenvalue weighted by Crippen LogP contribution is -2.46. The third-order valence-corrected chi connectivity index (χ3v) is 7.32. The maximum atomic E-state index is 13.2. The smallest absolute Gasteiger partial charge is 0.236 e. The number of hydrogen-bond donors (Lipinski definition) is 0. The van der Waals surface area contributed by atoms with E-state index < -0.39 is 0 Å². The molecule has 1 aromatic carbocycles. The van der Waals surface area contributed by atoms with Gasteiger partial charge in [0.1, 0.15) is 0 Å². The van der Waals surface area contributed by atoms with E-state index in [4.69, 9.17) is 0 Å². The summed E-state index contributed by atoms with van der Waals surface area (Å²) in [6.07, 6.45) is 7.00. The lowest BCUT2D eigenvalue weighted by Gasteiger charge is -2.36. The molecule has 6 nitrogen and oxygen atoms in total. The van der Waals surface area contributed by atoms with Crippen LogP contribution in [0.5, 0.6) is 0 Å². The SMILES string of the molecule is CC[C@@H]1CCCCN1C(=O)[C@H](C)Sc1nnc(CN2CCCC2)n1-c1ccccc1. The normalized spacial score (nSPS) is 21.1. The van der Waals surface area contributed by atoms with E-state index in [-0.39, 0.29) is 11.2 Å². The summed E-state index contributed by atoms with van der Waals surface area (Å²) in [7, 11) is 0.